The maximum absolute atomic E-state index is 12.1. The van der Waals surface area contributed by atoms with E-state index in [1.807, 2.05) is 25.8 Å². The van der Waals surface area contributed by atoms with Crippen LogP contribution in [0, 0.1) is 19.8 Å². The first kappa shape index (κ1) is 17.3. The molecule has 0 aliphatic heterocycles. The van der Waals surface area contributed by atoms with Crippen molar-refractivity contribution in [1.29, 1.82) is 0 Å². The Labute approximate surface area is 127 Å². The number of methoxy groups -OCH3 is 2. The third-order valence-corrected chi connectivity index (χ3v) is 3.59. The van der Waals surface area contributed by atoms with E-state index < -0.39 is 0 Å². The van der Waals surface area contributed by atoms with Gasteiger partial charge in [-0.1, -0.05) is 13.8 Å². The lowest BCUT2D eigenvalue weighted by Crippen LogP contribution is -2.41. The Morgan fingerprint density at radius 2 is 1.95 bits per heavy atom. The molecule has 1 rings (SSSR count). The van der Waals surface area contributed by atoms with Crippen LogP contribution in [0.25, 0.3) is 0 Å². The number of likely N-dealkylation sites (N-methyl/N-ethyl adjacent to an activating group) is 1. The lowest BCUT2D eigenvalue weighted by Gasteiger charge is -2.30. The van der Waals surface area contributed by atoms with E-state index in [0.29, 0.717) is 12.3 Å². The minimum atomic E-state index is -0.353. The molecule has 1 atom stereocenters. The summed E-state index contributed by atoms with van der Waals surface area (Å²) in [7, 11) is 4.93. The molecule has 0 saturated carbocycles. The summed E-state index contributed by atoms with van der Waals surface area (Å²) in [5.74, 6) is 1.68. The standard InChI is InChI=1S/C16H26N2O3/c1-10(2)8-13(16(19)21-7)18(5)15-12(4)14(20-6)11(3)9-17-15/h9-10,13H,8H2,1-7H3/t13-/m1/s1. The number of ether oxygens (including phenoxy) is 2. The van der Waals surface area contributed by atoms with E-state index >= 15 is 0 Å². The van der Waals surface area contributed by atoms with E-state index in [0.717, 1.165) is 22.7 Å². The fourth-order valence-corrected chi connectivity index (χ4v) is 2.52. The topological polar surface area (TPSA) is 51.7 Å². The predicted molar refractivity (Wildman–Crippen MR) is 83.9 cm³/mol. The SMILES string of the molecule is COC(=O)[C@@H](CC(C)C)N(C)c1ncc(C)c(OC)c1C. The molecule has 5 heteroatoms. The normalized spacial score (nSPS) is 12.2. The first-order chi connectivity index (χ1) is 9.83. The van der Waals surface area contributed by atoms with Crippen molar-refractivity contribution in [3.8, 4) is 5.75 Å². The predicted octanol–water partition coefficient (Wildman–Crippen LogP) is 2.73. The van der Waals surface area contributed by atoms with Crippen molar-refractivity contribution < 1.29 is 14.3 Å². The first-order valence-corrected chi connectivity index (χ1v) is 7.14. The highest BCUT2D eigenvalue weighted by Crippen LogP contribution is 2.30. The van der Waals surface area contributed by atoms with Gasteiger partial charge in [0, 0.05) is 24.4 Å². The van der Waals surface area contributed by atoms with E-state index in [1.54, 1.807) is 13.3 Å². The summed E-state index contributed by atoms with van der Waals surface area (Å²) in [5, 5.41) is 0. The molecule has 0 radical (unpaired) electrons. The second-order valence-corrected chi connectivity index (χ2v) is 5.70. The second kappa shape index (κ2) is 7.29. The lowest BCUT2D eigenvalue weighted by molar-refractivity contribution is -0.142. The number of aryl methyl sites for hydroxylation is 1. The molecule has 21 heavy (non-hydrogen) atoms. The van der Waals surface area contributed by atoms with Gasteiger partial charge in [0.1, 0.15) is 17.6 Å². The Morgan fingerprint density at radius 3 is 2.43 bits per heavy atom. The van der Waals surface area contributed by atoms with Crippen molar-refractivity contribution in [3.63, 3.8) is 0 Å². The number of carbonyl (C=O) groups is 1. The zero-order chi connectivity index (χ0) is 16.2. The molecule has 0 saturated heterocycles. The molecule has 1 aromatic rings. The van der Waals surface area contributed by atoms with Crippen molar-refractivity contribution in [2.45, 2.75) is 40.2 Å². The van der Waals surface area contributed by atoms with Crippen LogP contribution in [-0.4, -0.2) is 38.3 Å². The molecule has 0 amide bonds. The molecule has 1 heterocycles. The summed E-state index contributed by atoms with van der Waals surface area (Å²) in [6.07, 6.45) is 2.47. The second-order valence-electron chi connectivity index (χ2n) is 5.70. The van der Waals surface area contributed by atoms with Crippen LogP contribution >= 0.6 is 0 Å². The van der Waals surface area contributed by atoms with E-state index in [4.69, 9.17) is 9.47 Å². The monoisotopic (exact) mass is 294 g/mol. The van der Waals surface area contributed by atoms with Gasteiger partial charge in [0.15, 0.2) is 0 Å². The highest BCUT2D eigenvalue weighted by atomic mass is 16.5. The zero-order valence-electron chi connectivity index (χ0n) is 14.1. The van der Waals surface area contributed by atoms with Crippen LogP contribution in [0.2, 0.25) is 0 Å². The molecule has 0 unspecified atom stereocenters. The summed E-state index contributed by atoms with van der Waals surface area (Å²) in [4.78, 5) is 18.4. The maximum Gasteiger partial charge on any atom is 0.328 e. The molecule has 0 aliphatic rings. The summed E-state index contributed by atoms with van der Waals surface area (Å²) < 4.78 is 10.4. The highest BCUT2D eigenvalue weighted by Gasteiger charge is 2.27. The van der Waals surface area contributed by atoms with Crippen molar-refractivity contribution in [3.05, 3.63) is 17.3 Å². The molecular weight excluding hydrogens is 268 g/mol. The van der Waals surface area contributed by atoms with E-state index in [1.165, 1.54) is 7.11 Å². The van der Waals surface area contributed by atoms with E-state index in [2.05, 4.69) is 18.8 Å². The Hall–Kier alpha value is -1.78. The Balaban J connectivity index is 3.20. The van der Waals surface area contributed by atoms with Gasteiger partial charge in [0.2, 0.25) is 0 Å². The van der Waals surface area contributed by atoms with Crippen molar-refractivity contribution in [2.75, 3.05) is 26.2 Å². The smallest absolute Gasteiger partial charge is 0.328 e. The van der Waals surface area contributed by atoms with Gasteiger partial charge in [0.25, 0.3) is 0 Å². The number of aromatic nitrogens is 1. The van der Waals surface area contributed by atoms with Crippen LogP contribution in [0.1, 0.15) is 31.4 Å². The molecular formula is C16H26N2O3. The molecule has 0 spiro atoms. The Morgan fingerprint density at radius 1 is 1.33 bits per heavy atom. The lowest BCUT2D eigenvalue weighted by atomic mass is 10.0. The van der Waals surface area contributed by atoms with Gasteiger partial charge in [-0.05, 0) is 26.2 Å². The van der Waals surface area contributed by atoms with Crippen LogP contribution in [-0.2, 0) is 9.53 Å². The number of pyridine rings is 1. The van der Waals surface area contributed by atoms with Crippen LogP contribution < -0.4 is 9.64 Å². The van der Waals surface area contributed by atoms with Crippen LogP contribution in [0.5, 0.6) is 5.75 Å². The van der Waals surface area contributed by atoms with Gasteiger partial charge in [-0.25, -0.2) is 9.78 Å². The quantitative estimate of drug-likeness (QED) is 0.755. The summed E-state index contributed by atoms with van der Waals surface area (Å²) >= 11 is 0. The van der Waals surface area contributed by atoms with Gasteiger partial charge in [0.05, 0.1) is 14.2 Å². The summed E-state index contributed by atoms with van der Waals surface area (Å²) in [5.41, 5.74) is 1.91. The van der Waals surface area contributed by atoms with Gasteiger partial charge in [-0.3, -0.25) is 0 Å². The first-order valence-electron chi connectivity index (χ1n) is 7.14. The number of esters is 1. The fourth-order valence-electron chi connectivity index (χ4n) is 2.52. The van der Waals surface area contributed by atoms with E-state index in [-0.39, 0.29) is 12.0 Å². The molecule has 0 N–H and O–H groups in total. The van der Waals surface area contributed by atoms with Crippen molar-refractivity contribution >= 4 is 11.8 Å². The largest absolute Gasteiger partial charge is 0.496 e. The van der Waals surface area contributed by atoms with Gasteiger partial charge >= 0.3 is 5.97 Å². The highest BCUT2D eigenvalue weighted by molar-refractivity contribution is 5.80. The Kier molecular flexibility index (Phi) is 6.00. The van der Waals surface area contributed by atoms with Crippen LogP contribution in [0.4, 0.5) is 5.82 Å². The minimum Gasteiger partial charge on any atom is -0.496 e. The van der Waals surface area contributed by atoms with Gasteiger partial charge in [-0.15, -0.1) is 0 Å². The van der Waals surface area contributed by atoms with Crippen molar-refractivity contribution in [2.24, 2.45) is 5.92 Å². The number of anilines is 1. The number of carbonyl (C=O) groups excluding carboxylic acids is 1. The van der Waals surface area contributed by atoms with E-state index in [9.17, 15) is 4.79 Å². The molecule has 5 nitrogen and oxygen atoms in total. The van der Waals surface area contributed by atoms with Crippen molar-refractivity contribution in [1.82, 2.24) is 4.98 Å². The van der Waals surface area contributed by atoms with Crippen LogP contribution in [0.3, 0.4) is 0 Å². The summed E-state index contributed by atoms with van der Waals surface area (Å²) in [6, 6.07) is -0.353. The number of hydrogen-bond donors (Lipinski definition) is 0. The van der Waals surface area contributed by atoms with Crippen LogP contribution in [0.15, 0.2) is 6.20 Å². The third kappa shape index (κ3) is 3.86. The van der Waals surface area contributed by atoms with Gasteiger partial charge in [-0.2, -0.15) is 0 Å². The molecule has 118 valence electrons. The molecule has 0 aromatic carbocycles. The average molecular weight is 294 g/mol. The maximum atomic E-state index is 12.1. The Bertz CT molecular complexity index is 501. The third-order valence-electron chi connectivity index (χ3n) is 3.59. The van der Waals surface area contributed by atoms with Gasteiger partial charge < -0.3 is 14.4 Å². The molecule has 0 fully saturated rings. The minimum absolute atomic E-state index is 0.244. The molecule has 0 bridgehead atoms. The average Bonchev–Trinajstić information content (AvgIpc) is 2.43. The summed E-state index contributed by atoms with van der Waals surface area (Å²) in [6.45, 7) is 8.07. The fraction of sp³-hybridized carbons (Fsp3) is 0.625. The zero-order valence-corrected chi connectivity index (χ0v) is 14.1. The number of rotatable bonds is 6. The number of nitrogens with zero attached hydrogens (tertiary/aromatic N) is 2. The molecule has 1 aromatic heterocycles. The number of hydrogen-bond acceptors (Lipinski definition) is 5. The molecule has 0 aliphatic carbocycles.